The summed E-state index contributed by atoms with van der Waals surface area (Å²) in [6.45, 7) is 3.76. The Morgan fingerprint density at radius 1 is 1.79 bits per heavy atom. The fraction of sp³-hybridized carbons (Fsp3) is 0.625. The van der Waals surface area contributed by atoms with Crippen molar-refractivity contribution in [1.82, 2.24) is 14.8 Å². The zero-order valence-electron chi connectivity index (χ0n) is 8.17. The molecule has 1 aromatic heterocycles. The molecule has 0 fully saturated rings. The van der Waals surface area contributed by atoms with Gasteiger partial charge in [-0.3, -0.25) is 0 Å². The minimum absolute atomic E-state index is 0.0741. The molecule has 6 nitrogen and oxygen atoms in total. The standard InChI is InChI=1S/C8H13N3O3/c1-3-14-8(13)7(12)4-11-6(2)9-5-10-11/h5,7,12H,3-4H2,1-2H3/t7-/m1/s1. The molecule has 0 aliphatic rings. The van der Waals surface area contributed by atoms with Gasteiger partial charge in [0.1, 0.15) is 12.2 Å². The molecule has 0 unspecified atom stereocenters. The van der Waals surface area contributed by atoms with E-state index < -0.39 is 12.1 Å². The number of hydrogen-bond acceptors (Lipinski definition) is 5. The summed E-state index contributed by atoms with van der Waals surface area (Å²) in [6.07, 6.45) is 0.183. The molecule has 0 aliphatic carbocycles. The molecule has 6 heteroatoms. The molecule has 1 rings (SSSR count). The predicted octanol–water partition coefficient (Wildman–Crippen LogP) is -0.489. The van der Waals surface area contributed by atoms with Gasteiger partial charge in [-0.15, -0.1) is 0 Å². The molecule has 0 radical (unpaired) electrons. The molecule has 1 N–H and O–H groups in total. The van der Waals surface area contributed by atoms with Gasteiger partial charge in [0.25, 0.3) is 0 Å². The second-order valence-electron chi connectivity index (χ2n) is 2.76. The van der Waals surface area contributed by atoms with E-state index in [1.165, 1.54) is 11.0 Å². The molecule has 0 saturated heterocycles. The van der Waals surface area contributed by atoms with Crippen LogP contribution >= 0.6 is 0 Å². The van der Waals surface area contributed by atoms with Crippen LogP contribution in [0, 0.1) is 6.92 Å². The summed E-state index contributed by atoms with van der Waals surface area (Å²) in [5.74, 6) is 0.00995. The number of ether oxygens (including phenoxy) is 1. The zero-order chi connectivity index (χ0) is 10.6. The highest BCUT2D eigenvalue weighted by molar-refractivity contribution is 5.74. The van der Waals surface area contributed by atoms with Crippen LogP contribution in [0.15, 0.2) is 6.33 Å². The third kappa shape index (κ3) is 2.53. The Morgan fingerprint density at radius 3 is 3.00 bits per heavy atom. The van der Waals surface area contributed by atoms with Gasteiger partial charge >= 0.3 is 5.97 Å². The van der Waals surface area contributed by atoms with E-state index in [9.17, 15) is 9.90 Å². The highest BCUT2D eigenvalue weighted by atomic mass is 16.5. The van der Waals surface area contributed by atoms with E-state index in [-0.39, 0.29) is 13.2 Å². The molecule has 0 amide bonds. The van der Waals surface area contributed by atoms with Crippen LogP contribution in [-0.4, -0.2) is 38.6 Å². The first-order chi connectivity index (χ1) is 6.65. The van der Waals surface area contributed by atoms with Crippen LogP contribution in [0.3, 0.4) is 0 Å². The van der Waals surface area contributed by atoms with E-state index in [1.54, 1.807) is 13.8 Å². The van der Waals surface area contributed by atoms with Crippen molar-refractivity contribution in [2.75, 3.05) is 6.61 Å². The SMILES string of the molecule is CCOC(=O)[C@H](O)Cn1ncnc1C. The van der Waals surface area contributed by atoms with Crippen LogP contribution < -0.4 is 0 Å². The van der Waals surface area contributed by atoms with E-state index in [0.717, 1.165) is 0 Å². The van der Waals surface area contributed by atoms with Gasteiger partial charge in [-0.1, -0.05) is 0 Å². The highest BCUT2D eigenvalue weighted by Gasteiger charge is 2.17. The number of esters is 1. The number of aliphatic hydroxyl groups excluding tert-OH is 1. The molecule has 0 aliphatic heterocycles. The number of carbonyl (C=O) groups is 1. The Balaban J connectivity index is 2.52. The average molecular weight is 199 g/mol. The second-order valence-corrected chi connectivity index (χ2v) is 2.76. The minimum atomic E-state index is -1.18. The largest absolute Gasteiger partial charge is 0.464 e. The fourth-order valence-electron chi connectivity index (χ4n) is 0.978. The Kier molecular flexibility index (Phi) is 3.58. The number of nitrogens with zero attached hydrogens (tertiary/aromatic N) is 3. The van der Waals surface area contributed by atoms with Crippen molar-refractivity contribution in [3.63, 3.8) is 0 Å². The van der Waals surface area contributed by atoms with Gasteiger partial charge in [0.05, 0.1) is 13.2 Å². The van der Waals surface area contributed by atoms with Crippen molar-refractivity contribution in [2.45, 2.75) is 26.5 Å². The summed E-state index contributed by atoms with van der Waals surface area (Å²) in [4.78, 5) is 14.9. The summed E-state index contributed by atoms with van der Waals surface area (Å²) < 4.78 is 6.09. The number of carbonyl (C=O) groups excluding carboxylic acids is 1. The first-order valence-corrected chi connectivity index (χ1v) is 4.34. The second kappa shape index (κ2) is 4.71. The summed E-state index contributed by atoms with van der Waals surface area (Å²) in [6, 6.07) is 0. The summed E-state index contributed by atoms with van der Waals surface area (Å²) in [5.41, 5.74) is 0. The molecule has 14 heavy (non-hydrogen) atoms. The number of hydrogen-bond donors (Lipinski definition) is 1. The molecule has 0 aromatic carbocycles. The maximum Gasteiger partial charge on any atom is 0.336 e. The van der Waals surface area contributed by atoms with Crippen molar-refractivity contribution < 1.29 is 14.6 Å². The molecule has 1 atom stereocenters. The lowest BCUT2D eigenvalue weighted by Gasteiger charge is -2.09. The summed E-state index contributed by atoms with van der Waals surface area (Å²) in [7, 11) is 0. The van der Waals surface area contributed by atoms with E-state index >= 15 is 0 Å². The van der Waals surface area contributed by atoms with E-state index in [1.807, 2.05) is 0 Å². The molecule has 1 heterocycles. The number of aliphatic hydroxyl groups is 1. The van der Waals surface area contributed by atoms with Gasteiger partial charge in [-0.25, -0.2) is 14.5 Å². The molecule has 0 spiro atoms. The molecular weight excluding hydrogens is 186 g/mol. The first-order valence-electron chi connectivity index (χ1n) is 4.34. The van der Waals surface area contributed by atoms with Crippen LogP contribution in [0.5, 0.6) is 0 Å². The van der Waals surface area contributed by atoms with E-state index in [0.29, 0.717) is 5.82 Å². The summed E-state index contributed by atoms with van der Waals surface area (Å²) in [5, 5.41) is 13.2. The van der Waals surface area contributed by atoms with Crippen molar-refractivity contribution >= 4 is 5.97 Å². The first kappa shape index (κ1) is 10.6. The highest BCUT2D eigenvalue weighted by Crippen LogP contribution is 1.96. The minimum Gasteiger partial charge on any atom is -0.464 e. The van der Waals surface area contributed by atoms with Gasteiger partial charge in [0.15, 0.2) is 6.10 Å². The average Bonchev–Trinajstić information content (AvgIpc) is 2.52. The van der Waals surface area contributed by atoms with E-state index in [4.69, 9.17) is 0 Å². The number of rotatable bonds is 4. The topological polar surface area (TPSA) is 77.2 Å². The van der Waals surface area contributed by atoms with Gasteiger partial charge in [0.2, 0.25) is 0 Å². The maximum atomic E-state index is 11.0. The molecule has 0 bridgehead atoms. The normalized spacial score (nSPS) is 12.5. The van der Waals surface area contributed by atoms with Gasteiger partial charge in [0, 0.05) is 0 Å². The molecular formula is C8H13N3O3. The molecule has 1 aromatic rings. The predicted molar refractivity (Wildman–Crippen MR) is 47.4 cm³/mol. The quantitative estimate of drug-likeness (QED) is 0.662. The van der Waals surface area contributed by atoms with Crippen molar-refractivity contribution in [2.24, 2.45) is 0 Å². The third-order valence-electron chi connectivity index (χ3n) is 1.71. The third-order valence-corrected chi connectivity index (χ3v) is 1.71. The van der Waals surface area contributed by atoms with Gasteiger partial charge in [-0.05, 0) is 13.8 Å². The Labute approximate surface area is 81.5 Å². The van der Waals surface area contributed by atoms with Gasteiger partial charge in [-0.2, -0.15) is 5.10 Å². The van der Waals surface area contributed by atoms with Gasteiger partial charge < -0.3 is 9.84 Å². The van der Waals surface area contributed by atoms with Crippen LogP contribution in [-0.2, 0) is 16.1 Å². The monoisotopic (exact) mass is 199 g/mol. The van der Waals surface area contributed by atoms with Crippen molar-refractivity contribution in [1.29, 1.82) is 0 Å². The van der Waals surface area contributed by atoms with Crippen LogP contribution in [0.4, 0.5) is 0 Å². The summed E-state index contributed by atoms with van der Waals surface area (Å²) >= 11 is 0. The van der Waals surface area contributed by atoms with Crippen molar-refractivity contribution in [3.8, 4) is 0 Å². The van der Waals surface area contributed by atoms with E-state index in [2.05, 4.69) is 14.8 Å². The van der Waals surface area contributed by atoms with Crippen LogP contribution in [0.1, 0.15) is 12.7 Å². The maximum absolute atomic E-state index is 11.0. The van der Waals surface area contributed by atoms with Crippen molar-refractivity contribution in [3.05, 3.63) is 12.2 Å². The Morgan fingerprint density at radius 2 is 2.50 bits per heavy atom. The molecule has 0 saturated carbocycles. The molecule has 78 valence electrons. The Hall–Kier alpha value is -1.43. The fourth-order valence-corrected chi connectivity index (χ4v) is 0.978. The lowest BCUT2D eigenvalue weighted by Crippen LogP contribution is -2.28. The smallest absolute Gasteiger partial charge is 0.336 e. The Bertz CT molecular complexity index is 311. The lowest BCUT2D eigenvalue weighted by molar-refractivity contribution is -0.153. The zero-order valence-corrected chi connectivity index (χ0v) is 8.17. The van der Waals surface area contributed by atoms with Crippen LogP contribution in [0.25, 0.3) is 0 Å². The lowest BCUT2D eigenvalue weighted by atomic mass is 10.3. The number of aromatic nitrogens is 3. The number of aryl methyl sites for hydroxylation is 1. The van der Waals surface area contributed by atoms with Crippen LogP contribution in [0.2, 0.25) is 0 Å².